The lowest BCUT2D eigenvalue weighted by molar-refractivity contribution is 0.900. The van der Waals surface area contributed by atoms with Gasteiger partial charge in [0.25, 0.3) is 0 Å². The van der Waals surface area contributed by atoms with Crippen LogP contribution in [0, 0.1) is 3.57 Å². The van der Waals surface area contributed by atoms with Gasteiger partial charge >= 0.3 is 0 Å². The van der Waals surface area contributed by atoms with Crippen LogP contribution >= 0.6 is 22.6 Å². The molecule has 0 saturated carbocycles. The molecule has 0 unspecified atom stereocenters. The van der Waals surface area contributed by atoms with Crippen molar-refractivity contribution in [2.45, 2.75) is 32.6 Å². The predicted molar refractivity (Wildman–Crippen MR) is 85.3 cm³/mol. The van der Waals surface area contributed by atoms with Gasteiger partial charge in [-0.05, 0) is 59.9 Å². The van der Waals surface area contributed by atoms with Crippen LogP contribution in [0.25, 0.3) is 10.9 Å². The third-order valence-corrected chi connectivity index (χ3v) is 4.42. The highest BCUT2D eigenvalue weighted by molar-refractivity contribution is 14.1. The fourth-order valence-electron chi connectivity index (χ4n) is 2.70. The Morgan fingerprint density at radius 1 is 1.33 bits per heavy atom. The van der Waals surface area contributed by atoms with Gasteiger partial charge in [0.1, 0.15) is 0 Å². The van der Waals surface area contributed by atoms with E-state index in [4.69, 9.17) is 4.98 Å². The summed E-state index contributed by atoms with van der Waals surface area (Å²) in [6.45, 7) is 3.25. The summed E-state index contributed by atoms with van der Waals surface area (Å²) in [5, 5.41) is 4.91. The minimum Gasteiger partial charge on any atom is -0.384 e. The molecule has 1 aliphatic rings. The first-order valence-electron chi connectivity index (χ1n) is 6.65. The normalized spacial score (nSPS) is 13.9. The zero-order valence-corrected chi connectivity index (χ0v) is 12.8. The fourth-order valence-corrected chi connectivity index (χ4v) is 3.32. The molecule has 2 nitrogen and oxygen atoms in total. The Hall–Kier alpha value is -0.840. The maximum atomic E-state index is 4.88. The average molecular weight is 352 g/mol. The van der Waals surface area contributed by atoms with E-state index in [1.165, 1.54) is 38.7 Å². The predicted octanol–water partition coefficient (Wildman–Crippen LogP) is 4.15. The summed E-state index contributed by atoms with van der Waals surface area (Å²) in [6.07, 6.45) is 4.71. The molecule has 1 N–H and O–H groups in total. The maximum Gasteiger partial charge on any atom is 0.0859 e. The number of anilines is 1. The monoisotopic (exact) mass is 352 g/mol. The first-order valence-corrected chi connectivity index (χ1v) is 7.73. The zero-order chi connectivity index (χ0) is 12.5. The number of fused-ring (bicyclic) bond motifs is 2. The third-order valence-electron chi connectivity index (χ3n) is 3.55. The van der Waals surface area contributed by atoms with Crippen LogP contribution in [0.15, 0.2) is 18.2 Å². The molecule has 0 saturated heterocycles. The molecule has 3 rings (SSSR count). The van der Waals surface area contributed by atoms with Crippen molar-refractivity contribution in [1.82, 2.24) is 4.98 Å². The van der Waals surface area contributed by atoms with Crippen molar-refractivity contribution < 1.29 is 0 Å². The molecular formula is C15H17IN2. The Balaban J connectivity index is 2.25. The Kier molecular flexibility index (Phi) is 3.41. The number of benzene rings is 1. The Morgan fingerprint density at radius 2 is 2.22 bits per heavy atom. The lowest BCUT2D eigenvalue weighted by Crippen LogP contribution is -2.05. The van der Waals surface area contributed by atoms with Crippen LogP contribution < -0.4 is 5.32 Å². The highest BCUT2D eigenvalue weighted by Gasteiger charge is 2.19. The van der Waals surface area contributed by atoms with E-state index >= 15 is 0 Å². The molecule has 0 aliphatic heterocycles. The molecule has 18 heavy (non-hydrogen) atoms. The van der Waals surface area contributed by atoms with Gasteiger partial charge in [-0.3, -0.25) is 4.98 Å². The standard InChI is InChI=1S/C15H17IN2/c1-2-9-17-14-10-5-4-8-13(10)18-15-11(14)6-3-7-12(15)16/h3,6-7H,2,4-5,8-9H2,1H3,(H,17,18). The summed E-state index contributed by atoms with van der Waals surface area (Å²) >= 11 is 2.39. The van der Waals surface area contributed by atoms with Gasteiger partial charge in [0.15, 0.2) is 0 Å². The van der Waals surface area contributed by atoms with Crippen molar-refractivity contribution in [3.05, 3.63) is 33.0 Å². The fraction of sp³-hybridized carbons (Fsp3) is 0.400. The van der Waals surface area contributed by atoms with Crippen molar-refractivity contribution >= 4 is 39.2 Å². The van der Waals surface area contributed by atoms with Crippen LogP contribution in [0.5, 0.6) is 0 Å². The molecule has 2 aromatic rings. The minimum atomic E-state index is 1.04. The molecule has 1 aromatic carbocycles. The molecule has 0 amide bonds. The number of nitrogens with zero attached hydrogens (tertiary/aromatic N) is 1. The van der Waals surface area contributed by atoms with E-state index in [9.17, 15) is 0 Å². The van der Waals surface area contributed by atoms with Crippen molar-refractivity contribution in [2.75, 3.05) is 11.9 Å². The summed E-state index contributed by atoms with van der Waals surface area (Å²) in [6, 6.07) is 6.46. The molecule has 0 radical (unpaired) electrons. The van der Waals surface area contributed by atoms with Crippen molar-refractivity contribution in [1.29, 1.82) is 0 Å². The average Bonchev–Trinajstić information content (AvgIpc) is 2.83. The van der Waals surface area contributed by atoms with E-state index in [2.05, 4.69) is 53.0 Å². The van der Waals surface area contributed by atoms with Crippen molar-refractivity contribution in [2.24, 2.45) is 0 Å². The molecule has 1 heterocycles. The summed E-state index contributed by atoms with van der Waals surface area (Å²) in [7, 11) is 0. The van der Waals surface area contributed by atoms with Crippen LogP contribution in [0.4, 0.5) is 5.69 Å². The van der Waals surface area contributed by atoms with E-state index in [1.54, 1.807) is 0 Å². The molecule has 1 aromatic heterocycles. The molecule has 1 aliphatic carbocycles. The summed E-state index contributed by atoms with van der Waals surface area (Å²) in [4.78, 5) is 4.88. The lowest BCUT2D eigenvalue weighted by Gasteiger charge is -2.14. The summed E-state index contributed by atoms with van der Waals surface area (Å²) in [5.74, 6) is 0. The number of nitrogens with one attached hydrogen (secondary N) is 1. The second-order valence-corrected chi connectivity index (χ2v) is 5.99. The molecule has 0 bridgehead atoms. The van der Waals surface area contributed by atoms with Gasteiger partial charge in [-0.2, -0.15) is 0 Å². The molecule has 0 atom stereocenters. The van der Waals surface area contributed by atoms with E-state index in [-0.39, 0.29) is 0 Å². The van der Waals surface area contributed by atoms with E-state index in [1.807, 2.05) is 0 Å². The van der Waals surface area contributed by atoms with E-state index in [0.717, 1.165) is 24.9 Å². The first-order chi connectivity index (χ1) is 8.81. The minimum absolute atomic E-state index is 1.04. The number of pyridine rings is 1. The van der Waals surface area contributed by atoms with Crippen LogP contribution in [0.2, 0.25) is 0 Å². The highest BCUT2D eigenvalue weighted by atomic mass is 127. The second kappa shape index (κ2) is 5.03. The topological polar surface area (TPSA) is 24.9 Å². The van der Waals surface area contributed by atoms with Gasteiger partial charge < -0.3 is 5.32 Å². The molecule has 94 valence electrons. The summed E-state index contributed by atoms with van der Waals surface area (Å²) in [5.41, 5.74) is 5.27. The number of aryl methyl sites for hydroxylation is 1. The van der Waals surface area contributed by atoms with Crippen LogP contribution in [-0.2, 0) is 12.8 Å². The van der Waals surface area contributed by atoms with Gasteiger partial charge in [0.2, 0.25) is 0 Å². The number of aromatic nitrogens is 1. The van der Waals surface area contributed by atoms with E-state index < -0.39 is 0 Å². The van der Waals surface area contributed by atoms with Gasteiger partial charge in [-0.15, -0.1) is 0 Å². The van der Waals surface area contributed by atoms with Crippen LogP contribution in [-0.4, -0.2) is 11.5 Å². The van der Waals surface area contributed by atoms with Gasteiger partial charge in [0, 0.05) is 26.9 Å². The van der Waals surface area contributed by atoms with Crippen molar-refractivity contribution in [3.8, 4) is 0 Å². The largest absolute Gasteiger partial charge is 0.384 e. The van der Waals surface area contributed by atoms with Gasteiger partial charge in [0.05, 0.1) is 5.52 Å². The van der Waals surface area contributed by atoms with Crippen molar-refractivity contribution in [3.63, 3.8) is 0 Å². The molecule has 3 heteroatoms. The Bertz CT molecular complexity index is 593. The van der Waals surface area contributed by atoms with Gasteiger partial charge in [-0.1, -0.05) is 19.1 Å². The van der Waals surface area contributed by atoms with Crippen LogP contribution in [0.3, 0.4) is 0 Å². The lowest BCUT2D eigenvalue weighted by atomic mass is 10.1. The third kappa shape index (κ3) is 1.98. The number of para-hydroxylation sites is 1. The highest BCUT2D eigenvalue weighted by Crippen LogP contribution is 2.35. The van der Waals surface area contributed by atoms with E-state index in [0.29, 0.717) is 0 Å². The second-order valence-electron chi connectivity index (χ2n) is 4.83. The quantitative estimate of drug-likeness (QED) is 0.840. The Morgan fingerprint density at radius 3 is 3.06 bits per heavy atom. The molecule has 0 spiro atoms. The van der Waals surface area contributed by atoms with Crippen LogP contribution in [0.1, 0.15) is 31.0 Å². The Labute approximate surface area is 121 Å². The number of hydrogen-bond acceptors (Lipinski definition) is 2. The molecule has 0 fully saturated rings. The number of hydrogen-bond donors (Lipinski definition) is 1. The SMILES string of the molecule is CCCNc1c2c(nc3c(I)cccc13)CCC2. The molecular weight excluding hydrogens is 335 g/mol. The van der Waals surface area contributed by atoms with Gasteiger partial charge in [-0.25, -0.2) is 0 Å². The first kappa shape index (κ1) is 12.2. The zero-order valence-electron chi connectivity index (χ0n) is 10.6. The number of rotatable bonds is 3. The summed E-state index contributed by atoms with van der Waals surface area (Å²) < 4.78 is 1.25. The number of halogens is 1. The maximum absolute atomic E-state index is 4.88. The smallest absolute Gasteiger partial charge is 0.0859 e.